The maximum absolute atomic E-state index is 4.29. The molecule has 0 fully saturated rings. The van der Waals surface area contributed by atoms with Crippen LogP contribution in [0.4, 0.5) is 0 Å². The molecule has 8 heavy (non-hydrogen) atoms. The Morgan fingerprint density at radius 2 is 2.38 bits per heavy atom. The molecule has 2 heteroatoms. The highest BCUT2D eigenvalue weighted by atomic mass is 127. The van der Waals surface area contributed by atoms with E-state index in [0.717, 1.165) is 0 Å². The molecule has 1 aliphatic rings. The number of rotatable bonds is 0. The standard InChI is InChI=1S/C6H10IN/c7-6-4-2-1-3-5-8-6/h5-6H,1-4H2. The smallest absolute Gasteiger partial charge is 0.101 e. The van der Waals surface area contributed by atoms with Gasteiger partial charge in [-0.3, -0.25) is 4.99 Å². The van der Waals surface area contributed by atoms with Crippen molar-refractivity contribution in [3.63, 3.8) is 0 Å². The van der Waals surface area contributed by atoms with E-state index in [0.29, 0.717) is 4.05 Å². The molecule has 0 radical (unpaired) electrons. The van der Waals surface area contributed by atoms with Gasteiger partial charge in [-0.25, -0.2) is 0 Å². The molecule has 1 rings (SSSR count). The number of hydrogen-bond donors (Lipinski definition) is 0. The third-order valence-electron chi connectivity index (χ3n) is 1.29. The molecule has 1 heterocycles. The number of aliphatic imine (C=N–C) groups is 1. The van der Waals surface area contributed by atoms with Crippen molar-refractivity contribution in [2.45, 2.75) is 29.7 Å². The van der Waals surface area contributed by atoms with Crippen LogP contribution < -0.4 is 0 Å². The third-order valence-corrected chi connectivity index (χ3v) is 2.24. The van der Waals surface area contributed by atoms with Crippen LogP contribution in [-0.2, 0) is 0 Å². The first-order valence-electron chi connectivity index (χ1n) is 3.05. The van der Waals surface area contributed by atoms with Gasteiger partial charge in [-0.2, -0.15) is 0 Å². The lowest BCUT2D eigenvalue weighted by Crippen LogP contribution is -1.87. The van der Waals surface area contributed by atoms with Gasteiger partial charge in [-0.05, 0) is 25.5 Å². The Morgan fingerprint density at radius 3 is 3.25 bits per heavy atom. The van der Waals surface area contributed by atoms with Crippen LogP contribution in [0.2, 0.25) is 0 Å². The van der Waals surface area contributed by atoms with Crippen LogP contribution >= 0.6 is 22.6 Å². The predicted molar refractivity (Wildman–Crippen MR) is 44.8 cm³/mol. The number of halogens is 1. The Kier molecular flexibility index (Phi) is 2.80. The zero-order chi connectivity index (χ0) is 5.82. The Morgan fingerprint density at radius 1 is 1.50 bits per heavy atom. The van der Waals surface area contributed by atoms with Gasteiger partial charge < -0.3 is 0 Å². The maximum atomic E-state index is 4.29. The molecule has 0 bridgehead atoms. The molecule has 0 aromatic carbocycles. The van der Waals surface area contributed by atoms with Crippen molar-refractivity contribution in [2.24, 2.45) is 4.99 Å². The molecule has 1 unspecified atom stereocenters. The molecule has 0 saturated carbocycles. The van der Waals surface area contributed by atoms with Crippen LogP contribution in [0.15, 0.2) is 4.99 Å². The molecular formula is C6H10IN. The highest BCUT2D eigenvalue weighted by molar-refractivity contribution is 14.1. The molecular weight excluding hydrogens is 213 g/mol. The molecule has 1 nitrogen and oxygen atoms in total. The van der Waals surface area contributed by atoms with Crippen molar-refractivity contribution in [3.8, 4) is 0 Å². The fourth-order valence-electron chi connectivity index (χ4n) is 0.812. The quantitative estimate of drug-likeness (QED) is 0.339. The molecule has 0 spiro atoms. The molecule has 0 aromatic heterocycles. The van der Waals surface area contributed by atoms with E-state index in [1.165, 1.54) is 25.7 Å². The van der Waals surface area contributed by atoms with Crippen molar-refractivity contribution in [3.05, 3.63) is 0 Å². The summed E-state index contributed by atoms with van der Waals surface area (Å²) in [7, 11) is 0. The van der Waals surface area contributed by atoms with Crippen LogP contribution in [0.5, 0.6) is 0 Å². The van der Waals surface area contributed by atoms with Crippen LogP contribution in [0, 0.1) is 0 Å². The highest BCUT2D eigenvalue weighted by Crippen LogP contribution is 2.15. The molecule has 0 amide bonds. The topological polar surface area (TPSA) is 12.4 Å². The Hall–Kier alpha value is 0.400. The van der Waals surface area contributed by atoms with Gasteiger partial charge in [0.15, 0.2) is 0 Å². The van der Waals surface area contributed by atoms with Gasteiger partial charge in [0.25, 0.3) is 0 Å². The van der Waals surface area contributed by atoms with Gasteiger partial charge in [0.1, 0.15) is 4.05 Å². The summed E-state index contributed by atoms with van der Waals surface area (Å²) in [4.78, 5) is 4.29. The van der Waals surface area contributed by atoms with E-state index in [1.54, 1.807) is 0 Å². The Bertz CT molecular complexity index is 90.5. The summed E-state index contributed by atoms with van der Waals surface area (Å²) in [6.45, 7) is 0. The fourth-order valence-corrected chi connectivity index (χ4v) is 1.48. The molecule has 46 valence electrons. The van der Waals surface area contributed by atoms with Crippen LogP contribution in [-0.4, -0.2) is 10.3 Å². The zero-order valence-electron chi connectivity index (χ0n) is 4.81. The normalized spacial score (nSPS) is 29.9. The van der Waals surface area contributed by atoms with Gasteiger partial charge >= 0.3 is 0 Å². The van der Waals surface area contributed by atoms with Crippen molar-refractivity contribution in [1.29, 1.82) is 0 Å². The van der Waals surface area contributed by atoms with Crippen LogP contribution in [0.3, 0.4) is 0 Å². The second kappa shape index (κ2) is 3.43. The van der Waals surface area contributed by atoms with Crippen molar-refractivity contribution in [1.82, 2.24) is 0 Å². The minimum Gasteiger partial charge on any atom is -0.284 e. The van der Waals surface area contributed by atoms with E-state index in [2.05, 4.69) is 33.8 Å². The first-order valence-corrected chi connectivity index (χ1v) is 4.30. The minimum absolute atomic E-state index is 0.565. The van der Waals surface area contributed by atoms with E-state index in [9.17, 15) is 0 Å². The second-order valence-corrected chi connectivity index (χ2v) is 3.49. The summed E-state index contributed by atoms with van der Waals surface area (Å²) >= 11 is 2.38. The summed E-state index contributed by atoms with van der Waals surface area (Å²) in [6.07, 6.45) is 7.22. The SMILES string of the molecule is IC1CCCCC=N1. The molecule has 0 aromatic rings. The van der Waals surface area contributed by atoms with E-state index in [-0.39, 0.29) is 0 Å². The Labute approximate surface area is 63.7 Å². The zero-order valence-corrected chi connectivity index (χ0v) is 6.97. The lowest BCUT2D eigenvalue weighted by molar-refractivity contribution is 0.720. The monoisotopic (exact) mass is 223 g/mol. The molecule has 0 aliphatic carbocycles. The Balaban J connectivity index is 2.33. The number of hydrogen-bond acceptors (Lipinski definition) is 1. The lowest BCUT2D eigenvalue weighted by Gasteiger charge is -1.96. The first-order chi connectivity index (χ1) is 3.89. The molecule has 1 aliphatic heterocycles. The van der Waals surface area contributed by atoms with Gasteiger partial charge in [0.2, 0.25) is 0 Å². The van der Waals surface area contributed by atoms with Gasteiger partial charge in [0, 0.05) is 0 Å². The highest BCUT2D eigenvalue weighted by Gasteiger charge is 2.01. The summed E-state index contributed by atoms with van der Waals surface area (Å²) in [5.74, 6) is 0. The number of alkyl halides is 1. The molecule has 1 atom stereocenters. The average Bonchev–Trinajstić information content (AvgIpc) is 1.94. The first kappa shape index (κ1) is 6.52. The average molecular weight is 223 g/mol. The fraction of sp³-hybridized carbons (Fsp3) is 0.833. The second-order valence-electron chi connectivity index (χ2n) is 2.05. The summed E-state index contributed by atoms with van der Waals surface area (Å²) in [6, 6.07) is 0. The van der Waals surface area contributed by atoms with Crippen molar-refractivity contribution < 1.29 is 0 Å². The molecule has 0 saturated heterocycles. The van der Waals surface area contributed by atoms with Crippen molar-refractivity contribution >= 4 is 28.8 Å². The van der Waals surface area contributed by atoms with E-state index < -0.39 is 0 Å². The van der Waals surface area contributed by atoms with E-state index >= 15 is 0 Å². The van der Waals surface area contributed by atoms with E-state index in [4.69, 9.17) is 0 Å². The number of nitrogens with zero attached hydrogens (tertiary/aromatic N) is 1. The van der Waals surface area contributed by atoms with Crippen LogP contribution in [0.1, 0.15) is 25.7 Å². The summed E-state index contributed by atoms with van der Waals surface area (Å²) in [5.41, 5.74) is 0. The maximum Gasteiger partial charge on any atom is 0.101 e. The third kappa shape index (κ3) is 2.11. The largest absolute Gasteiger partial charge is 0.284 e. The van der Waals surface area contributed by atoms with Crippen molar-refractivity contribution in [2.75, 3.05) is 0 Å². The van der Waals surface area contributed by atoms with Gasteiger partial charge in [0.05, 0.1) is 0 Å². The molecule has 0 N–H and O–H groups in total. The van der Waals surface area contributed by atoms with Gasteiger partial charge in [-0.15, -0.1) is 0 Å². The predicted octanol–water partition coefficient (Wildman–Crippen LogP) is 2.39. The summed E-state index contributed by atoms with van der Waals surface area (Å²) < 4.78 is 0.565. The van der Waals surface area contributed by atoms with E-state index in [1.807, 2.05) is 0 Å². The summed E-state index contributed by atoms with van der Waals surface area (Å²) in [5, 5.41) is 0. The lowest BCUT2D eigenvalue weighted by atomic mass is 10.2. The van der Waals surface area contributed by atoms with Gasteiger partial charge in [-0.1, -0.05) is 29.0 Å². The minimum atomic E-state index is 0.565. The van der Waals surface area contributed by atoms with Crippen LogP contribution in [0.25, 0.3) is 0 Å².